The predicted octanol–water partition coefficient (Wildman–Crippen LogP) is 2.84. The van der Waals surface area contributed by atoms with Crippen LogP contribution in [-0.2, 0) is 10.0 Å². The number of rotatable bonds is 4. The number of sulfonamides is 1. The van der Waals surface area contributed by atoms with Crippen LogP contribution >= 0.6 is 12.4 Å². The first-order valence-electron chi connectivity index (χ1n) is 8.06. The van der Waals surface area contributed by atoms with E-state index in [0.29, 0.717) is 12.1 Å². The first-order chi connectivity index (χ1) is 11.0. The van der Waals surface area contributed by atoms with E-state index in [4.69, 9.17) is 5.73 Å². The Kier molecular flexibility index (Phi) is 5.86. The van der Waals surface area contributed by atoms with Gasteiger partial charge in [0.15, 0.2) is 0 Å². The number of aromatic nitrogens is 1. The molecule has 0 amide bonds. The van der Waals surface area contributed by atoms with Crippen molar-refractivity contribution in [1.82, 2.24) is 9.71 Å². The van der Waals surface area contributed by atoms with E-state index in [1.54, 1.807) is 24.4 Å². The van der Waals surface area contributed by atoms with Gasteiger partial charge in [0.1, 0.15) is 4.90 Å². The van der Waals surface area contributed by atoms with Crippen LogP contribution in [0.3, 0.4) is 0 Å². The number of pyridine rings is 1. The monoisotopic (exact) mass is 369 g/mol. The van der Waals surface area contributed by atoms with E-state index in [2.05, 4.69) is 16.6 Å². The van der Waals surface area contributed by atoms with Gasteiger partial charge in [-0.1, -0.05) is 38.0 Å². The predicted molar refractivity (Wildman–Crippen MR) is 98.7 cm³/mol. The molecule has 24 heavy (non-hydrogen) atoms. The Morgan fingerprint density at radius 1 is 1.29 bits per heavy atom. The van der Waals surface area contributed by atoms with Gasteiger partial charge in [0.25, 0.3) is 0 Å². The molecule has 1 aromatic carbocycles. The fourth-order valence-electron chi connectivity index (χ4n) is 3.53. The Morgan fingerprint density at radius 3 is 2.75 bits per heavy atom. The largest absolute Gasteiger partial charge is 0.329 e. The third-order valence-electron chi connectivity index (χ3n) is 5.04. The zero-order valence-corrected chi connectivity index (χ0v) is 15.4. The van der Waals surface area contributed by atoms with Crippen molar-refractivity contribution in [1.29, 1.82) is 0 Å². The summed E-state index contributed by atoms with van der Waals surface area (Å²) in [5.41, 5.74) is 5.92. The molecule has 2 unspecified atom stereocenters. The second kappa shape index (κ2) is 7.35. The Balaban J connectivity index is 0.00000208. The van der Waals surface area contributed by atoms with Gasteiger partial charge in [0, 0.05) is 23.7 Å². The second-order valence-corrected chi connectivity index (χ2v) is 8.09. The van der Waals surface area contributed by atoms with Crippen LogP contribution in [0.4, 0.5) is 0 Å². The number of para-hydroxylation sites is 1. The number of hydrogen-bond acceptors (Lipinski definition) is 4. The lowest BCUT2D eigenvalue weighted by Gasteiger charge is -2.42. The minimum atomic E-state index is -3.68. The van der Waals surface area contributed by atoms with Crippen molar-refractivity contribution in [2.24, 2.45) is 11.7 Å². The molecule has 1 aliphatic carbocycles. The molecule has 1 fully saturated rings. The van der Waals surface area contributed by atoms with E-state index in [9.17, 15) is 8.42 Å². The van der Waals surface area contributed by atoms with Gasteiger partial charge < -0.3 is 5.73 Å². The summed E-state index contributed by atoms with van der Waals surface area (Å²) in [5.74, 6) is 0.221. The van der Waals surface area contributed by atoms with Gasteiger partial charge in [-0.05, 0) is 30.9 Å². The van der Waals surface area contributed by atoms with Crippen LogP contribution < -0.4 is 10.5 Å². The quantitative estimate of drug-likeness (QED) is 0.867. The van der Waals surface area contributed by atoms with Crippen molar-refractivity contribution < 1.29 is 8.42 Å². The minimum absolute atomic E-state index is 0. The lowest BCUT2D eigenvalue weighted by Crippen LogP contribution is -2.58. The maximum absolute atomic E-state index is 13.0. The molecule has 1 aromatic heterocycles. The molecule has 2 atom stereocenters. The zero-order valence-electron chi connectivity index (χ0n) is 13.7. The van der Waals surface area contributed by atoms with E-state index < -0.39 is 15.6 Å². The van der Waals surface area contributed by atoms with Crippen molar-refractivity contribution >= 4 is 33.3 Å². The number of halogens is 1. The van der Waals surface area contributed by atoms with E-state index in [-0.39, 0.29) is 23.2 Å². The molecule has 0 aliphatic heterocycles. The molecular formula is C17H24ClN3O2S. The summed E-state index contributed by atoms with van der Waals surface area (Å²) in [6.07, 6.45) is 5.51. The molecule has 5 nitrogen and oxygen atoms in total. The maximum Gasteiger partial charge on any atom is 0.243 e. The third-order valence-corrected chi connectivity index (χ3v) is 6.62. The van der Waals surface area contributed by atoms with Crippen LogP contribution in [0.1, 0.15) is 32.6 Å². The van der Waals surface area contributed by atoms with E-state index >= 15 is 0 Å². The Labute approximate surface area is 149 Å². The molecule has 2 aromatic rings. The maximum atomic E-state index is 13.0. The standard InChI is InChI=1S/C17H23N3O2S.ClH/c1-13-6-2-3-10-17(13,12-18)20-23(21,22)15-9-4-7-14-8-5-11-19-16(14)15;/h4-5,7-9,11,13,20H,2-3,6,10,12,18H2,1H3;1H. The van der Waals surface area contributed by atoms with Gasteiger partial charge in [-0.3, -0.25) is 4.98 Å². The van der Waals surface area contributed by atoms with Gasteiger partial charge in [0.05, 0.1) is 5.52 Å². The van der Waals surface area contributed by atoms with Crippen molar-refractivity contribution in [2.45, 2.75) is 43.0 Å². The van der Waals surface area contributed by atoms with Gasteiger partial charge >= 0.3 is 0 Å². The fourth-order valence-corrected chi connectivity index (χ4v) is 5.24. The smallest absolute Gasteiger partial charge is 0.243 e. The molecule has 0 spiro atoms. The molecule has 3 N–H and O–H groups in total. The van der Waals surface area contributed by atoms with Crippen molar-refractivity contribution in [3.63, 3.8) is 0 Å². The van der Waals surface area contributed by atoms with Crippen LogP contribution in [0.15, 0.2) is 41.4 Å². The van der Waals surface area contributed by atoms with Gasteiger partial charge in [-0.15, -0.1) is 12.4 Å². The molecule has 0 bridgehead atoms. The van der Waals surface area contributed by atoms with Gasteiger partial charge in [-0.2, -0.15) is 0 Å². The highest BCUT2D eigenvalue weighted by molar-refractivity contribution is 7.89. The summed E-state index contributed by atoms with van der Waals surface area (Å²) < 4.78 is 29.0. The van der Waals surface area contributed by atoms with Gasteiger partial charge in [-0.25, -0.2) is 13.1 Å². The average molecular weight is 370 g/mol. The Morgan fingerprint density at radius 2 is 2.04 bits per heavy atom. The van der Waals surface area contributed by atoms with E-state index in [0.717, 1.165) is 31.1 Å². The molecule has 0 saturated heterocycles. The Hall–Kier alpha value is -1.21. The first-order valence-corrected chi connectivity index (χ1v) is 9.55. The number of fused-ring (bicyclic) bond motifs is 1. The molecule has 1 saturated carbocycles. The van der Waals surface area contributed by atoms with Crippen molar-refractivity contribution in [3.8, 4) is 0 Å². The highest BCUT2D eigenvalue weighted by Crippen LogP contribution is 2.34. The first kappa shape index (κ1) is 19.1. The number of nitrogens with one attached hydrogen (secondary N) is 1. The number of nitrogens with two attached hydrogens (primary N) is 1. The molecule has 0 radical (unpaired) electrons. The van der Waals surface area contributed by atoms with Crippen LogP contribution in [0, 0.1) is 5.92 Å². The lowest BCUT2D eigenvalue weighted by molar-refractivity contribution is 0.191. The molecule has 1 aliphatic rings. The molecule has 1 heterocycles. The van der Waals surface area contributed by atoms with Crippen molar-refractivity contribution in [3.05, 3.63) is 36.5 Å². The second-order valence-electron chi connectivity index (χ2n) is 6.44. The van der Waals surface area contributed by atoms with E-state index in [1.165, 1.54) is 0 Å². The fraction of sp³-hybridized carbons (Fsp3) is 0.471. The van der Waals surface area contributed by atoms with Gasteiger partial charge in [0.2, 0.25) is 10.0 Å². The average Bonchev–Trinajstić information content (AvgIpc) is 2.56. The van der Waals surface area contributed by atoms with Crippen LogP contribution in [-0.4, -0.2) is 25.5 Å². The number of hydrogen-bond donors (Lipinski definition) is 2. The summed E-state index contributed by atoms with van der Waals surface area (Å²) in [5, 5.41) is 0.814. The zero-order chi connectivity index (χ0) is 16.5. The minimum Gasteiger partial charge on any atom is -0.329 e. The molecule has 3 rings (SSSR count). The van der Waals surface area contributed by atoms with Crippen LogP contribution in [0.2, 0.25) is 0 Å². The molecular weight excluding hydrogens is 346 g/mol. The topological polar surface area (TPSA) is 85.1 Å². The normalized spacial score (nSPS) is 24.5. The highest BCUT2D eigenvalue weighted by Gasteiger charge is 2.40. The highest BCUT2D eigenvalue weighted by atomic mass is 35.5. The van der Waals surface area contributed by atoms with Crippen LogP contribution in [0.5, 0.6) is 0 Å². The third kappa shape index (κ3) is 3.42. The summed E-state index contributed by atoms with van der Waals surface area (Å²) >= 11 is 0. The number of nitrogens with zero attached hydrogens (tertiary/aromatic N) is 1. The summed E-state index contributed by atoms with van der Waals surface area (Å²) in [7, 11) is -3.68. The summed E-state index contributed by atoms with van der Waals surface area (Å²) in [6, 6.07) is 8.89. The van der Waals surface area contributed by atoms with Crippen LogP contribution in [0.25, 0.3) is 10.9 Å². The SMILES string of the molecule is CC1CCCCC1(CN)NS(=O)(=O)c1cccc2cccnc12.Cl. The molecule has 132 valence electrons. The lowest BCUT2D eigenvalue weighted by atomic mass is 9.74. The molecule has 7 heteroatoms. The Bertz CT molecular complexity index is 807. The number of benzene rings is 1. The van der Waals surface area contributed by atoms with Crippen molar-refractivity contribution in [2.75, 3.05) is 6.54 Å². The summed E-state index contributed by atoms with van der Waals surface area (Å²) in [4.78, 5) is 4.48. The van der Waals surface area contributed by atoms with E-state index in [1.807, 2.05) is 12.1 Å². The summed E-state index contributed by atoms with van der Waals surface area (Å²) in [6.45, 7) is 2.39.